The molecular formula is C23H23N3O3S. The van der Waals surface area contributed by atoms with Crippen LogP contribution in [0.5, 0.6) is 0 Å². The molecule has 1 aliphatic rings. The maximum absolute atomic E-state index is 12.6. The van der Waals surface area contributed by atoms with E-state index in [1.54, 1.807) is 6.92 Å². The first-order chi connectivity index (χ1) is 14.4. The summed E-state index contributed by atoms with van der Waals surface area (Å²) < 4.78 is 5.43. The van der Waals surface area contributed by atoms with Gasteiger partial charge in [-0.3, -0.25) is 0 Å². The number of esters is 1. The average Bonchev–Trinajstić information content (AvgIpc) is 3.51. The molecule has 6 nitrogen and oxygen atoms in total. The number of primary amides is 1. The fourth-order valence-corrected chi connectivity index (χ4v) is 4.29. The van der Waals surface area contributed by atoms with Crippen LogP contribution in [0.25, 0.3) is 0 Å². The van der Waals surface area contributed by atoms with Crippen LogP contribution in [0.15, 0.2) is 48.5 Å². The molecule has 3 aromatic rings. The SMILES string of the molecule is Cc1ccc(C2CC2)cc1N(C(N)=O)c1nc(C)c(C(=O)OCc2ccccc2)s1. The standard InChI is InChI=1S/C23H23N3O3S/c1-14-8-9-18(17-10-11-17)12-19(14)26(22(24)28)23-25-15(2)20(30-23)21(27)29-13-16-6-4-3-5-7-16/h3-9,12,17H,10-11,13H2,1-2H3,(H2,24,28). The lowest BCUT2D eigenvalue weighted by Gasteiger charge is -2.20. The van der Waals surface area contributed by atoms with Gasteiger partial charge in [-0.05, 0) is 55.4 Å². The van der Waals surface area contributed by atoms with Crippen LogP contribution in [0.2, 0.25) is 0 Å². The molecule has 30 heavy (non-hydrogen) atoms. The first-order valence-electron chi connectivity index (χ1n) is 9.82. The molecule has 1 aliphatic carbocycles. The second-order valence-corrected chi connectivity index (χ2v) is 8.44. The van der Waals surface area contributed by atoms with Crippen molar-refractivity contribution < 1.29 is 14.3 Å². The number of carbonyl (C=O) groups excluding carboxylic acids is 2. The maximum Gasteiger partial charge on any atom is 0.350 e. The minimum Gasteiger partial charge on any atom is -0.457 e. The Hall–Kier alpha value is -3.19. The van der Waals surface area contributed by atoms with Gasteiger partial charge in [-0.25, -0.2) is 19.5 Å². The van der Waals surface area contributed by atoms with Crippen molar-refractivity contribution in [1.82, 2.24) is 4.98 Å². The van der Waals surface area contributed by atoms with Gasteiger partial charge in [0.2, 0.25) is 0 Å². The van der Waals surface area contributed by atoms with Crippen molar-refractivity contribution in [2.45, 2.75) is 39.2 Å². The van der Waals surface area contributed by atoms with E-state index in [9.17, 15) is 9.59 Å². The fraction of sp³-hybridized carbons (Fsp3) is 0.261. The molecule has 154 valence electrons. The topological polar surface area (TPSA) is 85.5 Å². The highest BCUT2D eigenvalue weighted by Crippen LogP contribution is 2.43. The number of carbonyl (C=O) groups is 2. The van der Waals surface area contributed by atoms with Gasteiger partial charge in [0.15, 0.2) is 5.13 Å². The second kappa shape index (κ2) is 8.28. The number of nitrogens with two attached hydrogens (primary N) is 1. The fourth-order valence-electron chi connectivity index (χ4n) is 3.31. The highest BCUT2D eigenvalue weighted by molar-refractivity contribution is 7.17. The van der Waals surface area contributed by atoms with Crippen molar-refractivity contribution in [1.29, 1.82) is 0 Å². The summed E-state index contributed by atoms with van der Waals surface area (Å²) in [6, 6.07) is 14.9. The lowest BCUT2D eigenvalue weighted by Crippen LogP contribution is -2.32. The third-order valence-corrected chi connectivity index (χ3v) is 6.24. The number of rotatable bonds is 6. The molecule has 0 bridgehead atoms. The zero-order valence-corrected chi connectivity index (χ0v) is 17.7. The van der Waals surface area contributed by atoms with Gasteiger partial charge in [-0.15, -0.1) is 0 Å². The Morgan fingerprint density at radius 3 is 2.57 bits per heavy atom. The number of benzene rings is 2. The Kier molecular flexibility index (Phi) is 5.55. The van der Waals surface area contributed by atoms with Crippen LogP contribution in [0, 0.1) is 13.8 Å². The lowest BCUT2D eigenvalue weighted by molar-refractivity contribution is 0.0477. The van der Waals surface area contributed by atoms with Crippen LogP contribution >= 0.6 is 11.3 Å². The predicted octanol–water partition coefficient (Wildman–Crippen LogP) is 5.21. The lowest BCUT2D eigenvalue weighted by atomic mass is 10.1. The molecule has 0 atom stereocenters. The van der Waals surface area contributed by atoms with E-state index in [0.29, 0.717) is 27.3 Å². The van der Waals surface area contributed by atoms with Crippen molar-refractivity contribution in [2.75, 3.05) is 4.90 Å². The second-order valence-electron chi connectivity index (χ2n) is 7.47. The van der Waals surface area contributed by atoms with E-state index in [0.717, 1.165) is 35.3 Å². The molecule has 4 rings (SSSR count). The summed E-state index contributed by atoms with van der Waals surface area (Å²) in [7, 11) is 0. The Labute approximate surface area is 179 Å². The summed E-state index contributed by atoms with van der Waals surface area (Å²) in [6.07, 6.45) is 2.32. The van der Waals surface area contributed by atoms with Crippen molar-refractivity contribution in [3.63, 3.8) is 0 Å². The molecule has 0 spiro atoms. The molecule has 1 saturated carbocycles. The molecule has 2 N–H and O–H groups in total. The minimum absolute atomic E-state index is 0.175. The molecule has 1 aromatic heterocycles. The first kappa shape index (κ1) is 20.1. The van der Waals surface area contributed by atoms with Crippen molar-refractivity contribution in [2.24, 2.45) is 5.73 Å². The highest BCUT2D eigenvalue weighted by atomic mass is 32.1. The summed E-state index contributed by atoms with van der Waals surface area (Å²) in [6.45, 7) is 3.83. The number of urea groups is 1. The van der Waals surface area contributed by atoms with Crippen LogP contribution < -0.4 is 10.6 Å². The van der Waals surface area contributed by atoms with Crippen molar-refractivity contribution in [3.05, 3.63) is 75.8 Å². The highest BCUT2D eigenvalue weighted by Gasteiger charge is 2.28. The third kappa shape index (κ3) is 4.21. The van der Waals surface area contributed by atoms with Crippen molar-refractivity contribution >= 4 is 34.2 Å². The number of ether oxygens (including phenoxy) is 1. The van der Waals surface area contributed by atoms with Gasteiger partial charge >= 0.3 is 12.0 Å². The van der Waals surface area contributed by atoms with E-state index >= 15 is 0 Å². The minimum atomic E-state index is -0.635. The number of aromatic nitrogens is 1. The number of aryl methyl sites for hydroxylation is 2. The summed E-state index contributed by atoms with van der Waals surface area (Å²) in [5, 5.41) is 0.364. The summed E-state index contributed by atoms with van der Waals surface area (Å²) in [4.78, 5) is 31.2. The summed E-state index contributed by atoms with van der Waals surface area (Å²) >= 11 is 1.11. The molecule has 7 heteroatoms. The third-order valence-electron chi connectivity index (χ3n) is 5.12. The van der Waals surface area contributed by atoms with Crippen molar-refractivity contribution in [3.8, 4) is 0 Å². The largest absolute Gasteiger partial charge is 0.457 e. The zero-order chi connectivity index (χ0) is 21.3. The molecule has 0 unspecified atom stereocenters. The van der Waals surface area contributed by atoms with Gasteiger partial charge in [0.25, 0.3) is 0 Å². The molecular weight excluding hydrogens is 398 g/mol. The quantitative estimate of drug-likeness (QED) is 0.554. The monoisotopic (exact) mass is 421 g/mol. The number of nitrogens with zero attached hydrogens (tertiary/aromatic N) is 2. The van der Waals surface area contributed by atoms with Gasteiger partial charge in [-0.1, -0.05) is 53.8 Å². The molecule has 2 amide bonds. The zero-order valence-electron chi connectivity index (χ0n) is 16.9. The Balaban J connectivity index is 1.60. The Morgan fingerprint density at radius 2 is 1.90 bits per heavy atom. The van der Waals surface area contributed by atoms with Crippen LogP contribution in [-0.2, 0) is 11.3 Å². The van der Waals surface area contributed by atoms with Crippen LogP contribution in [0.3, 0.4) is 0 Å². The van der Waals surface area contributed by atoms with E-state index in [-0.39, 0.29) is 6.61 Å². The van der Waals surface area contributed by atoms with E-state index in [1.165, 1.54) is 10.5 Å². The van der Waals surface area contributed by atoms with Crippen LogP contribution in [0.1, 0.15) is 50.8 Å². The molecule has 0 saturated heterocycles. The number of amides is 2. The number of thiazole rings is 1. The molecule has 1 heterocycles. The van der Waals surface area contributed by atoms with Crippen LogP contribution in [0.4, 0.5) is 15.6 Å². The predicted molar refractivity (Wildman–Crippen MR) is 117 cm³/mol. The number of anilines is 2. The van der Waals surface area contributed by atoms with Gasteiger partial charge in [-0.2, -0.15) is 0 Å². The van der Waals surface area contributed by atoms with E-state index in [2.05, 4.69) is 11.1 Å². The normalized spacial score (nSPS) is 13.1. The van der Waals surface area contributed by atoms with Crippen LogP contribution in [-0.4, -0.2) is 17.0 Å². The van der Waals surface area contributed by atoms with Gasteiger partial charge in [0.1, 0.15) is 11.5 Å². The Bertz CT molecular complexity index is 1090. The number of hydrogen-bond donors (Lipinski definition) is 1. The molecule has 0 radical (unpaired) electrons. The smallest absolute Gasteiger partial charge is 0.350 e. The van der Waals surface area contributed by atoms with Gasteiger partial charge in [0, 0.05) is 0 Å². The van der Waals surface area contributed by atoms with E-state index in [4.69, 9.17) is 10.5 Å². The molecule has 0 aliphatic heterocycles. The van der Waals surface area contributed by atoms with E-state index < -0.39 is 12.0 Å². The van der Waals surface area contributed by atoms with Gasteiger partial charge < -0.3 is 10.5 Å². The first-order valence-corrected chi connectivity index (χ1v) is 10.6. The average molecular weight is 422 g/mol. The molecule has 2 aromatic carbocycles. The van der Waals surface area contributed by atoms with E-state index in [1.807, 2.05) is 49.4 Å². The Morgan fingerprint density at radius 1 is 1.17 bits per heavy atom. The summed E-state index contributed by atoms with van der Waals surface area (Å²) in [5.41, 5.74) is 9.94. The van der Waals surface area contributed by atoms with Gasteiger partial charge in [0.05, 0.1) is 11.4 Å². The number of hydrogen-bond acceptors (Lipinski definition) is 5. The molecule has 1 fully saturated rings. The summed E-state index contributed by atoms with van der Waals surface area (Å²) in [5.74, 6) is 0.0774. The maximum atomic E-state index is 12.6.